The van der Waals surface area contributed by atoms with E-state index in [1.807, 2.05) is 20.8 Å². The van der Waals surface area contributed by atoms with Gasteiger partial charge in [-0.15, -0.1) is 0 Å². The van der Waals surface area contributed by atoms with Crippen molar-refractivity contribution in [1.82, 2.24) is 0 Å². The van der Waals surface area contributed by atoms with Gasteiger partial charge in [-0.2, -0.15) is 0 Å². The highest BCUT2D eigenvalue weighted by molar-refractivity contribution is 5.77. The highest BCUT2D eigenvalue weighted by atomic mass is 16.5. The van der Waals surface area contributed by atoms with Crippen LogP contribution in [0.2, 0.25) is 0 Å². The van der Waals surface area contributed by atoms with Crippen LogP contribution in [-0.2, 0) is 19.1 Å². The topological polar surface area (TPSA) is 52.6 Å². The first-order valence-electron chi connectivity index (χ1n) is 6.51. The maximum atomic E-state index is 11.7. The monoisotopic (exact) mass is 257 g/mol. The molecule has 1 unspecified atom stereocenters. The molecule has 0 saturated heterocycles. The van der Waals surface area contributed by atoms with Gasteiger partial charge in [-0.05, 0) is 47.0 Å². The first-order chi connectivity index (χ1) is 8.29. The number of esters is 2. The maximum Gasteiger partial charge on any atom is 0.311 e. The van der Waals surface area contributed by atoms with E-state index in [9.17, 15) is 9.59 Å². The molecule has 1 radical (unpaired) electrons. The van der Waals surface area contributed by atoms with Crippen molar-refractivity contribution in [3.8, 4) is 0 Å². The smallest absolute Gasteiger partial charge is 0.311 e. The first-order valence-corrected chi connectivity index (χ1v) is 6.51. The van der Waals surface area contributed by atoms with Gasteiger partial charge in [0.2, 0.25) is 0 Å². The van der Waals surface area contributed by atoms with E-state index in [0.29, 0.717) is 25.9 Å². The van der Waals surface area contributed by atoms with Crippen LogP contribution in [0.25, 0.3) is 0 Å². The third-order valence-electron chi connectivity index (χ3n) is 2.41. The van der Waals surface area contributed by atoms with Crippen LogP contribution in [0.1, 0.15) is 53.4 Å². The molecule has 0 rings (SSSR count). The molecule has 0 aliphatic carbocycles. The van der Waals surface area contributed by atoms with Crippen LogP contribution >= 0.6 is 0 Å². The van der Waals surface area contributed by atoms with E-state index < -0.39 is 5.41 Å². The largest absolute Gasteiger partial charge is 0.465 e. The fourth-order valence-corrected chi connectivity index (χ4v) is 1.42. The van der Waals surface area contributed by atoms with Crippen molar-refractivity contribution in [2.45, 2.75) is 59.5 Å². The molecule has 1 atom stereocenters. The Morgan fingerprint density at radius 3 is 2.44 bits per heavy atom. The lowest BCUT2D eigenvalue weighted by atomic mass is 9.87. The van der Waals surface area contributed by atoms with Crippen LogP contribution < -0.4 is 0 Å². The van der Waals surface area contributed by atoms with E-state index in [0.717, 1.165) is 6.42 Å². The number of carbonyl (C=O) groups excluding carboxylic acids is 2. The van der Waals surface area contributed by atoms with Gasteiger partial charge in [0.25, 0.3) is 0 Å². The van der Waals surface area contributed by atoms with Crippen LogP contribution in [-0.4, -0.2) is 24.6 Å². The van der Waals surface area contributed by atoms with Gasteiger partial charge < -0.3 is 9.47 Å². The van der Waals surface area contributed by atoms with Gasteiger partial charge in [0, 0.05) is 6.42 Å². The van der Waals surface area contributed by atoms with Crippen molar-refractivity contribution >= 4 is 11.9 Å². The quantitative estimate of drug-likeness (QED) is 0.627. The summed E-state index contributed by atoms with van der Waals surface area (Å²) in [6, 6.07) is 0. The average Bonchev–Trinajstić information content (AvgIpc) is 2.24. The zero-order valence-corrected chi connectivity index (χ0v) is 12.0. The fourth-order valence-electron chi connectivity index (χ4n) is 1.42. The number of rotatable bonds is 8. The summed E-state index contributed by atoms with van der Waals surface area (Å²) in [5.74, 6) is -0.538. The van der Waals surface area contributed by atoms with Gasteiger partial charge >= 0.3 is 11.9 Å². The second kappa shape index (κ2) is 8.11. The van der Waals surface area contributed by atoms with E-state index in [2.05, 4.69) is 6.92 Å². The van der Waals surface area contributed by atoms with Crippen molar-refractivity contribution in [3.63, 3.8) is 0 Å². The van der Waals surface area contributed by atoms with Crippen LogP contribution in [0.3, 0.4) is 0 Å². The molecule has 0 bridgehead atoms. The summed E-state index contributed by atoms with van der Waals surface area (Å²) in [5, 5.41) is 0. The summed E-state index contributed by atoms with van der Waals surface area (Å²) in [5.41, 5.74) is -0.784. The minimum absolute atomic E-state index is 0.0989. The summed E-state index contributed by atoms with van der Waals surface area (Å²) in [4.78, 5) is 23.0. The predicted octanol–water partition coefficient (Wildman–Crippen LogP) is 2.90. The summed E-state index contributed by atoms with van der Waals surface area (Å²) in [6.07, 6.45) is 2.10. The third kappa shape index (κ3) is 7.30. The molecule has 0 aromatic carbocycles. The van der Waals surface area contributed by atoms with E-state index in [4.69, 9.17) is 9.47 Å². The molecule has 105 valence electrons. The molecule has 0 aliphatic rings. The molecule has 0 saturated carbocycles. The molecule has 0 N–H and O–H groups in total. The Bertz CT molecular complexity index is 269. The third-order valence-corrected chi connectivity index (χ3v) is 2.41. The van der Waals surface area contributed by atoms with Gasteiger partial charge in [0.15, 0.2) is 0 Å². The van der Waals surface area contributed by atoms with Crippen LogP contribution in [0.15, 0.2) is 0 Å². The lowest BCUT2D eigenvalue weighted by molar-refractivity contribution is -0.154. The SMILES string of the molecule is [CH2]C(C)(CCCC(=O)OC(C)C)C(=O)OCCC. The molecule has 18 heavy (non-hydrogen) atoms. The van der Waals surface area contributed by atoms with E-state index in [1.54, 1.807) is 6.92 Å². The minimum Gasteiger partial charge on any atom is -0.465 e. The van der Waals surface area contributed by atoms with Crippen LogP contribution in [0.5, 0.6) is 0 Å². The van der Waals surface area contributed by atoms with Gasteiger partial charge in [0.1, 0.15) is 0 Å². The molecule has 4 nitrogen and oxygen atoms in total. The predicted molar refractivity (Wildman–Crippen MR) is 69.8 cm³/mol. The summed E-state index contributed by atoms with van der Waals surface area (Å²) in [6.45, 7) is 11.6. The van der Waals surface area contributed by atoms with E-state index >= 15 is 0 Å². The maximum absolute atomic E-state index is 11.7. The Morgan fingerprint density at radius 2 is 1.94 bits per heavy atom. The molecule has 0 aromatic heterocycles. The van der Waals surface area contributed by atoms with E-state index in [1.165, 1.54) is 0 Å². The molecular weight excluding hydrogens is 232 g/mol. The van der Waals surface area contributed by atoms with Crippen LogP contribution in [0.4, 0.5) is 0 Å². The summed E-state index contributed by atoms with van der Waals surface area (Å²) in [7, 11) is 0. The minimum atomic E-state index is -0.784. The second-order valence-corrected chi connectivity index (χ2v) is 5.09. The Labute approximate surface area is 110 Å². The molecule has 0 fully saturated rings. The Hall–Kier alpha value is -1.06. The molecule has 0 aliphatic heterocycles. The lowest BCUT2D eigenvalue weighted by Crippen LogP contribution is -2.27. The van der Waals surface area contributed by atoms with Crippen molar-refractivity contribution in [3.05, 3.63) is 6.92 Å². The highest BCUT2D eigenvalue weighted by Gasteiger charge is 2.29. The molecule has 0 spiro atoms. The van der Waals surface area contributed by atoms with Gasteiger partial charge in [-0.3, -0.25) is 9.59 Å². The number of ether oxygens (including phenoxy) is 2. The molecular formula is C14H25O4. The van der Waals surface area contributed by atoms with Gasteiger partial charge in [-0.1, -0.05) is 6.92 Å². The first kappa shape index (κ1) is 16.9. The standard InChI is InChI=1S/C14H25O4/c1-6-10-17-13(16)14(4,5)9-7-8-12(15)18-11(2)3/h11H,4,6-10H2,1-3,5H3. The van der Waals surface area contributed by atoms with Crippen molar-refractivity contribution in [2.24, 2.45) is 5.41 Å². The Balaban J connectivity index is 3.96. The summed E-state index contributed by atoms with van der Waals surface area (Å²) >= 11 is 0. The molecule has 0 amide bonds. The van der Waals surface area contributed by atoms with E-state index in [-0.39, 0.29) is 18.0 Å². The van der Waals surface area contributed by atoms with Gasteiger partial charge in [-0.25, -0.2) is 0 Å². The van der Waals surface area contributed by atoms with Crippen molar-refractivity contribution in [2.75, 3.05) is 6.61 Å². The zero-order valence-electron chi connectivity index (χ0n) is 12.0. The fraction of sp³-hybridized carbons (Fsp3) is 0.786. The Kier molecular flexibility index (Phi) is 7.64. The summed E-state index contributed by atoms with van der Waals surface area (Å²) < 4.78 is 10.1. The number of hydrogen-bond donors (Lipinski definition) is 0. The second-order valence-electron chi connectivity index (χ2n) is 5.09. The van der Waals surface area contributed by atoms with Crippen LogP contribution in [0, 0.1) is 12.3 Å². The zero-order chi connectivity index (χ0) is 14.2. The van der Waals surface area contributed by atoms with Gasteiger partial charge in [0.05, 0.1) is 18.1 Å². The number of hydrogen-bond acceptors (Lipinski definition) is 4. The molecule has 0 aromatic rings. The van der Waals surface area contributed by atoms with Crippen molar-refractivity contribution in [1.29, 1.82) is 0 Å². The highest BCUT2D eigenvalue weighted by Crippen LogP contribution is 2.24. The average molecular weight is 257 g/mol. The normalized spacial score (nSPS) is 11.4. The molecule has 0 heterocycles. The number of carbonyl (C=O) groups is 2. The lowest BCUT2D eigenvalue weighted by Gasteiger charge is -2.22. The van der Waals surface area contributed by atoms with Crippen molar-refractivity contribution < 1.29 is 19.1 Å². The Morgan fingerprint density at radius 1 is 1.33 bits per heavy atom. The molecule has 4 heteroatoms.